The SMILES string of the molecule is CN(CC(N)=NO)C1CCOC2(CCSC2)C1. The number of nitrogens with two attached hydrogens (primary N) is 1. The van der Waals surface area contributed by atoms with E-state index in [4.69, 9.17) is 15.7 Å². The van der Waals surface area contributed by atoms with E-state index in [1.54, 1.807) is 0 Å². The molecule has 0 aromatic heterocycles. The molecule has 2 heterocycles. The first-order chi connectivity index (χ1) is 8.15. The van der Waals surface area contributed by atoms with E-state index < -0.39 is 0 Å². The summed E-state index contributed by atoms with van der Waals surface area (Å²) in [5, 5.41) is 11.6. The van der Waals surface area contributed by atoms with Crippen LogP contribution in [0.3, 0.4) is 0 Å². The summed E-state index contributed by atoms with van der Waals surface area (Å²) in [4.78, 5) is 2.17. The third kappa shape index (κ3) is 3.05. The minimum atomic E-state index is 0.0902. The van der Waals surface area contributed by atoms with Crippen LogP contribution in [0.15, 0.2) is 5.16 Å². The third-order valence-electron chi connectivity index (χ3n) is 3.70. The summed E-state index contributed by atoms with van der Waals surface area (Å²) >= 11 is 1.98. The van der Waals surface area contributed by atoms with Crippen molar-refractivity contribution in [2.24, 2.45) is 10.9 Å². The summed E-state index contributed by atoms with van der Waals surface area (Å²) in [7, 11) is 2.03. The van der Waals surface area contributed by atoms with Crippen molar-refractivity contribution in [1.82, 2.24) is 4.90 Å². The number of hydrogen-bond donors (Lipinski definition) is 2. The number of thioether (sulfide) groups is 1. The van der Waals surface area contributed by atoms with E-state index >= 15 is 0 Å². The Morgan fingerprint density at radius 1 is 1.71 bits per heavy atom. The highest BCUT2D eigenvalue weighted by atomic mass is 32.2. The normalized spacial score (nSPS) is 34.7. The predicted octanol–water partition coefficient (Wildman–Crippen LogP) is 0.719. The second kappa shape index (κ2) is 5.46. The first-order valence-corrected chi connectivity index (χ1v) is 7.19. The van der Waals surface area contributed by atoms with Crippen LogP contribution in [0.4, 0.5) is 0 Å². The molecule has 2 saturated heterocycles. The zero-order valence-corrected chi connectivity index (χ0v) is 11.1. The van der Waals surface area contributed by atoms with Gasteiger partial charge < -0.3 is 15.7 Å². The smallest absolute Gasteiger partial charge is 0.153 e. The first-order valence-electron chi connectivity index (χ1n) is 6.03. The minimum Gasteiger partial charge on any atom is -0.409 e. The molecule has 2 aliphatic heterocycles. The van der Waals surface area contributed by atoms with Crippen molar-refractivity contribution in [3.63, 3.8) is 0 Å². The number of hydrogen-bond acceptors (Lipinski definition) is 5. The molecule has 0 saturated carbocycles. The van der Waals surface area contributed by atoms with Gasteiger partial charge in [-0.3, -0.25) is 4.90 Å². The van der Waals surface area contributed by atoms with E-state index in [-0.39, 0.29) is 11.4 Å². The van der Waals surface area contributed by atoms with E-state index in [9.17, 15) is 0 Å². The lowest BCUT2D eigenvalue weighted by Crippen LogP contribution is -2.49. The van der Waals surface area contributed by atoms with Crippen molar-refractivity contribution in [3.05, 3.63) is 0 Å². The number of nitrogens with zero attached hydrogens (tertiary/aromatic N) is 2. The standard InChI is InChI=1S/C11H21N3O2S/c1-14(7-10(12)13-15)9-2-4-16-11(6-9)3-5-17-8-11/h9,15H,2-8H2,1H3,(H2,12,13). The van der Waals surface area contributed by atoms with Crippen molar-refractivity contribution in [3.8, 4) is 0 Å². The van der Waals surface area contributed by atoms with Crippen LogP contribution in [0.25, 0.3) is 0 Å². The van der Waals surface area contributed by atoms with Crippen LogP contribution in [-0.2, 0) is 4.74 Å². The van der Waals surface area contributed by atoms with Gasteiger partial charge in [-0.15, -0.1) is 0 Å². The molecular weight excluding hydrogens is 238 g/mol. The highest BCUT2D eigenvalue weighted by Crippen LogP contribution is 2.39. The topological polar surface area (TPSA) is 71.1 Å². The molecule has 0 aliphatic carbocycles. The number of oxime groups is 1. The molecule has 2 unspecified atom stereocenters. The minimum absolute atomic E-state index is 0.0902. The lowest BCUT2D eigenvalue weighted by molar-refractivity contribution is -0.0848. The van der Waals surface area contributed by atoms with Gasteiger partial charge >= 0.3 is 0 Å². The Hall–Kier alpha value is -0.460. The molecule has 0 radical (unpaired) electrons. The van der Waals surface area contributed by atoms with Crippen LogP contribution in [0.2, 0.25) is 0 Å². The highest BCUT2D eigenvalue weighted by molar-refractivity contribution is 7.99. The van der Waals surface area contributed by atoms with Gasteiger partial charge in [-0.2, -0.15) is 11.8 Å². The van der Waals surface area contributed by atoms with Gasteiger partial charge in [0.15, 0.2) is 5.84 Å². The Bertz CT molecular complexity index is 292. The van der Waals surface area contributed by atoms with Crippen LogP contribution < -0.4 is 5.73 Å². The summed E-state index contributed by atoms with van der Waals surface area (Å²) < 4.78 is 5.98. The van der Waals surface area contributed by atoms with Gasteiger partial charge in [-0.25, -0.2) is 0 Å². The van der Waals surface area contributed by atoms with Crippen molar-refractivity contribution < 1.29 is 9.94 Å². The van der Waals surface area contributed by atoms with E-state index in [1.165, 1.54) is 5.75 Å². The van der Waals surface area contributed by atoms with Crippen LogP contribution in [-0.4, -0.2) is 59.3 Å². The lowest BCUT2D eigenvalue weighted by Gasteiger charge is -2.41. The molecule has 1 spiro atoms. The maximum Gasteiger partial charge on any atom is 0.153 e. The van der Waals surface area contributed by atoms with Crippen molar-refractivity contribution >= 4 is 17.6 Å². The molecule has 0 aromatic rings. The molecule has 2 rings (SSSR count). The van der Waals surface area contributed by atoms with Crippen LogP contribution in [0.1, 0.15) is 19.3 Å². The Morgan fingerprint density at radius 3 is 3.18 bits per heavy atom. The number of ether oxygens (including phenoxy) is 1. The molecule has 0 amide bonds. The summed E-state index contributed by atoms with van der Waals surface area (Å²) in [6, 6.07) is 0.475. The Balaban J connectivity index is 1.92. The van der Waals surface area contributed by atoms with E-state index in [0.29, 0.717) is 12.6 Å². The maximum absolute atomic E-state index is 8.60. The van der Waals surface area contributed by atoms with Crippen molar-refractivity contribution in [1.29, 1.82) is 0 Å². The summed E-state index contributed by atoms with van der Waals surface area (Å²) in [5.41, 5.74) is 5.64. The molecule has 2 atom stereocenters. The molecule has 2 aliphatic rings. The molecule has 17 heavy (non-hydrogen) atoms. The van der Waals surface area contributed by atoms with Crippen LogP contribution in [0.5, 0.6) is 0 Å². The third-order valence-corrected chi connectivity index (χ3v) is 4.92. The fourth-order valence-corrected chi connectivity index (χ4v) is 4.04. The molecule has 0 aromatic carbocycles. The van der Waals surface area contributed by atoms with Gasteiger partial charge in [0.05, 0.1) is 12.1 Å². The Morgan fingerprint density at radius 2 is 2.53 bits per heavy atom. The summed E-state index contributed by atoms with van der Waals surface area (Å²) in [6.07, 6.45) is 3.25. The second-order valence-corrected chi connectivity index (χ2v) is 6.09. The fraction of sp³-hybridized carbons (Fsp3) is 0.909. The molecule has 5 nitrogen and oxygen atoms in total. The van der Waals surface area contributed by atoms with E-state index in [0.717, 1.165) is 31.6 Å². The Kier molecular flexibility index (Phi) is 4.17. The summed E-state index contributed by atoms with van der Waals surface area (Å²) in [5.74, 6) is 2.59. The van der Waals surface area contributed by atoms with Crippen molar-refractivity contribution in [2.45, 2.75) is 30.9 Å². The monoisotopic (exact) mass is 259 g/mol. The zero-order chi connectivity index (χ0) is 12.3. The fourth-order valence-electron chi connectivity index (χ4n) is 2.66. The maximum atomic E-state index is 8.60. The molecule has 3 N–H and O–H groups in total. The number of rotatable bonds is 3. The quantitative estimate of drug-likeness (QED) is 0.338. The van der Waals surface area contributed by atoms with Gasteiger partial charge in [0.25, 0.3) is 0 Å². The number of amidine groups is 1. The van der Waals surface area contributed by atoms with E-state index in [2.05, 4.69) is 10.1 Å². The zero-order valence-electron chi connectivity index (χ0n) is 10.3. The molecule has 0 bridgehead atoms. The molecular formula is C11H21N3O2S. The van der Waals surface area contributed by atoms with E-state index in [1.807, 2.05) is 18.8 Å². The molecule has 6 heteroatoms. The first kappa shape index (κ1) is 13.0. The average Bonchev–Trinajstić information content (AvgIpc) is 2.77. The van der Waals surface area contributed by atoms with Gasteiger partial charge in [0, 0.05) is 18.4 Å². The second-order valence-electron chi connectivity index (χ2n) is 4.99. The Labute approximate surface area is 106 Å². The van der Waals surface area contributed by atoms with Crippen molar-refractivity contribution in [2.75, 3.05) is 31.7 Å². The van der Waals surface area contributed by atoms with Crippen LogP contribution in [0, 0.1) is 0 Å². The van der Waals surface area contributed by atoms with Gasteiger partial charge in [0.1, 0.15) is 0 Å². The van der Waals surface area contributed by atoms with Crippen LogP contribution >= 0.6 is 11.8 Å². The largest absolute Gasteiger partial charge is 0.409 e. The van der Waals surface area contributed by atoms with Gasteiger partial charge in [-0.05, 0) is 32.1 Å². The average molecular weight is 259 g/mol. The van der Waals surface area contributed by atoms with Gasteiger partial charge in [0.2, 0.25) is 0 Å². The molecule has 98 valence electrons. The predicted molar refractivity (Wildman–Crippen MR) is 69.7 cm³/mol. The number of likely N-dealkylation sites (N-methyl/N-ethyl adjacent to an activating group) is 1. The summed E-state index contributed by atoms with van der Waals surface area (Å²) in [6.45, 7) is 1.34. The lowest BCUT2D eigenvalue weighted by atomic mass is 9.89. The molecule has 2 fully saturated rings. The van der Waals surface area contributed by atoms with Gasteiger partial charge in [-0.1, -0.05) is 5.16 Å². The highest BCUT2D eigenvalue weighted by Gasteiger charge is 2.41.